The van der Waals surface area contributed by atoms with Gasteiger partial charge >= 0.3 is 0 Å². The Balaban J connectivity index is 1.92. The molecule has 0 bridgehead atoms. The van der Waals surface area contributed by atoms with Gasteiger partial charge in [0.15, 0.2) is 5.78 Å². The number of rotatable bonds is 5. The van der Waals surface area contributed by atoms with Gasteiger partial charge in [0.1, 0.15) is 17.2 Å². The second kappa shape index (κ2) is 5.89. The molecule has 1 aromatic heterocycles. The van der Waals surface area contributed by atoms with Gasteiger partial charge in [0.2, 0.25) is 0 Å². The van der Waals surface area contributed by atoms with Crippen molar-refractivity contribution in [3.05, 3.63) is 60.2 Å². The molecule has 2 aromatic carbocycles. The van der Waals surface area contributed by atoms with E-state index in [4.69, 9.17) is 0 Å². The minimum absolute atomic E-state index is 0.173. The Morgan fingerprint density at radius 3 is 2.45 bits per heavy atom. The van der Waals surface area contributed by atoms with Crippen LogP contribution in [0, 0.1) is 5.92 Å². The lowest BCUT2D eigenvalue weighted by Gasteiger charge is -2.13. The number of aromatic nitrogens is 3. The predicted molar refractivity (Wildman–Crippen MR) is 82.5 cm³/mol. The van der Waals surface area contributed by atoms with E-state index in [1.165, 1.54) is 6.92 Å². The lowest BCUT2D eigenvalue weighted by molar-refractivity contribution is -0.119. The van der Waals surface area contributed by atoms with E-state index >= 15 is 0 Å². The molecule has 0 aliphatic carbocycles. The number of para-hydroxylation sites is 1. The molecule has 22 heavy (non-hydrogen) atoms. The molecule has 0 N–H and O–H groups in total. The maximum absolute atomic E-state index is 12.6. The summed E-state index contributed by atoms with van der Waals surface area (Å²) in [4.78, 5) is 24.5. The van der Waals surface area contributed by atoms with Crippen molar-refractivity contribution < 1.29 is 9.59 Å². The highest BCUT2D eigenvalue weighted by molar-refractivity contribution is 6.10. The van der Waals surface area contributed by atoms with Crippen molar-refractivity contribution in [2.45, 2.75) is 13.5 Å². The average Bonchev–Trinajstić information content (AvgIpc) is 2.95. The first-order valence-electron chi connectivity index (χ1n) is 7.05. The molecule has 0 saturated heterocycles. The van der Waals surface area contributed by atoms with Crippen LogP contribution in [-0.2, 0) is 11.3 Å². The zero-order valence-electron chi connectivity index (χ0n) is 12.1. The van der Waals surface area contributed by atoms with Crippen LogP contribution in [0.15, 0.2) is 54.6 Å². The van der Waals surface area contributed by atoms with Crippen molar-refractivity contribution in [1.29, 1.82) is 0 Å². The maximum atomic E-state index is 12.6. The first-order chi connectivity index (χ1) is 10.7. The van der Waals surface area contributed by atoms with E-state index in [1.807, 2.05) is 30.3 Å². The van der Waals surface area contributed by atoms with E-state index in [9.17, 15) is 9.59 Å². The molecule has 0 saturated carbocycles. The molecular formula is C17H15N3O2. The Morgan fingerprint density at radius 1 is 1.05 bits per heavy atom. The fraction of sp³-hybridized carbons (Fsp3) is 0.176. The van der Waals surface area contributed by atoms with Gasteiger partial charge in [-0.2, -0.15) is 0 Å². The fourth-order valence-corrected chi connectivity index (χ4v) is 2.42. The van der Waals surface area contributed by atoms with Crippen LogP contribution >= 0.6 is 0 Å². The molecule has 3 aromatic rings. The van der Waals surface area contributed by atoms with Gasteiger partial charge in [-0.05, 0) is 19.1 Å². The highest BCUT2D eigenvalue weighted by Crippen LogP contribution is 2.16. The van der Waals surface area contributed by atoms with Crippen LogP contribution in [0.4, 0.5) is 0 Å². The Hall–Kier alpha value is -2.82. The fourth-order valence-electron chi connectivity index (χ4n) is 2.42. The second-order valence-corrected chi connectivity index (χ2v) is 5.15. The molecule has 110 valence electrons. The van der Waals surface area contributed by atoms with Crippen LogP contribution in [0.25, 0.3) is 11.0 Å². The predicted octanol–water partition coefficient (Wildman–Crippen LogP) is 2.52. The molecule has 1 heterocycles. The summed E-state index contributed by atoms with van der Waals surface area (Å²) in [5, 5.41) is 8.11. The largest absolute Gasteiger partial charge is 0.299 e. The first kappa shape index (κ1) is 14.1. The van der Waals surface area contributed by atoms with E-state index in [1.54, 1.807) is 28.9 Å². The molecule has 0 fully saturated rings. The highest BCUT2D eigenvalue weighted by Gasteiger charge is 2.26. The number of ketones is 2. The van der Waals surface area contributed by atoms with Crippen LogP contribution < -0.4 is 0 Å². The lowest BCUT2D eigenvalue weighted by Crippen LogP contribution is -2.27. The molecule has 0 radical (unpaired) electrons. The molecule has 0 aliphatic rings. The van der Waals surface area contributed by atoms with Gasteiger partial charge in [0.05, 0.1) is 12.1 Å². The SMILES string of the molecule is CC(=O)C(Cn1nnc2ccccc21)C(=O)c1ccccc1. The number of fused-ring (bicyclic) bond motifs is 1. The Kier molecular flexibility index (Phi) is 3.78. The van der Waals surface area contributed by atoms with Crippen LogP contribution in [0.2, 0.25) is 0 Å². The van der Waals surface area contributed by atoms with Gasteiger partial charge in [-0.15, -0.1) is 5.10 Å². The zero-order valence-corrected chi connectivity index (χ0v) is 12.1. The molecule has 3 rings (SSSR count). The molecule has 0 spiro atoms. The van der Waals surface area contributed by atoms with Gasteiger partial charge in [0, 0.05) is 5.56 Å². The third-order valence-electron chi connectivity index (χ3n) is 3.64. The Labute approximate surface area is 127 Å². The summed E-state index contributed by atoms with van der Waals surface area (Å²) in [6.45, 7) is 1.63. The van der Waals surface area contributed by atoms with E-state index in [0.717, 1.165) is 11.0 Å². The standard InChI is InChI=1S/C17H15N3O2/c1-12(21)14(17(22)13-7-3-2-4-8-13)11-20-16-10-6-5-9-15(16)18-19-20/h2-10,14H,11H2,1H3. The summed E-state index contributed by atoms with van der Waals surface area (Å²) < 4.78 is 1.61. The van der Waals surface area contributed by atoms with Crippen LogP contribution in [0.3, 0.4) is 0 Å². The number of nitrogens with zero attached hydrogens (tertiary/aromatic N) is 3. The molecule has 0 aliphatic heterocycles. The molecule has 5 heteroatoms. The van der Waals surface area contributed by atoms with Crippen molar-refractivity contribution >= 4 is 22.6 Å². The molecule has 1 atom stereocenters. The summed E-state index contributed by atoms with van der Waals surface area (Å²) in [5.41, 5.74) is 2.10. The third-order valence-corrected chi connectivity index (χ3v) is 3.64. The number of carbonyl (C=O) groups is 2. The quantitative estimate of drug-likeness (QED) is 0.535. The molecule has 0 amide bonds. The van der Waals surface area contributed by atoms with Crippen LogP contribution in [-0.4, -0.2) is 26.6 Å². The number of benzene rings is 2. The molecule has 1 unspecified atom stereocenters. The first-order valence-corrected chi connectivity index (χ1v) is 7.05. The zero-order chi connectivity index (χ0) is 15.5. The normalized spacial score (nSPS) is 12.2. The third kappa shape index (κ3) is 2.65. The summed E-state index contributed by atoms with van der Waals surface area (Å²) in [6, 6.07) is 16.3. The lowest BCUT2D eigenvalue weighted by atomic mass is 9.94. The second-order valence-electron chi connectivity index (χ2n) is 5.15. The van der Waals surface area contributed by atoms with Crippen molar-refractivity contribution in [3.63, 3.8) is 0 Å². The maximum Gasteiger partial charge on any atom is 0.175 e. The highest BCUT2D eigenvalue weighted by atomic mass is 16.1. The van der Waals surface area contributed by atoms with Crippen molar-refractivity contribution in [2.75, 3.05) is 0 Å². The van der Waals surface area contributed by atoms with Gasteiger partial charge < -0.3 is 0 Å². The minimum Gasteiger partial charge on any atom is -0.299 e. The number of hydrogen-bond donors (Lipinski definition) is 0. The van der Waals surface area contributed by atoms with E-state index in [-0.39, 0.29) is 18.1 Å². The number of hydrogen-bond acceptors (Lipinski definition) is 4. The van der Waals surface area contributed by atoms with Gasteiger partial charge in [-0.1, -0.05) is 47.7 Å². The van der Waals surface area contributed by atoms with Crippen LogP contribution in [0.1, 0.15) is 17.3 Å². The Bertz CT molecular complexity index is 824. The monoisotopic (exact) mass is 293 g/mol. The van der Waals surface area contributed by atoms with E-state index in [2.05, 4.69) is 10.3 Å². The smallest absolute Gasteiger partial charge is 0.175 e. The summed E-state index contributed by atoms with van der Waals surface area (Å²) in [7, 11) is 0. The van der Waals surface area contributed by atoms with Crippen LogP contribution in [0.5, 0.6) is 0 Å². The average molecular weight is 293 g/mol. The van der Waals surface area contributed by atoms with Crippen molar-refractivity contribution in [2.24, 2.45) is 5.92 Å². The summed E-state index contributed by atoms with van der Waals surface area (Å²) >= 11 is 0. The van der Waals surface area contributed by atoms with E-state index < -0.39 is 5.92 Å². The van der Waals surface area contributed by atoms with E-state index in [0.29, 0.717) is 5.56 Å². The van der Waals surface area contributed by atoms with Gasteiger partial charge in [-0.3, -0.25) is 9.59 Å². The topological polar surface area (TPSA) is 64.8 Å². The van der Waals surface area contributed by atoms with Gasteiger partial charge in [0.25, 0.3) is 0 Å². The molecular weight excluding hydrogens is 278 g/mol. The minimum atomic E-state index is -0.757. The Morgan fingerprint density at radius 2 is 1.73 bits per heavy atom. The number of carbonyl (C=O) groups excluding carboxylic acids is 2. The summed E-state index contributed by atoms with van der Waals surface area (Å²) in [6.07, 6.45) is 0. The number of Topliss-reactive ketones (excluding diaryl/α,β-unsaturated/α-hetero) is 2. The van der Waals surface area contributed by atoms with Gasteiger partial charge in [-0.25, -0.2) is 4.68 Å². The summed E-state index contributed by atoms with van der Waals surface area (Å²) in [5.74, 6) is -1.12. The molecule has 5 nitrogen and oxygen atoms in total. The van der Waals surface area contributed by atoms with Crippen molar-refractivity contribution in [3.8, 4) is 0 Å². The van der Waals surface area contributed by atoms with Crippen molar-refractivity contribution in [1.82, 2.24) is 15.0 Å².